The van der Waals surface area contributed by atoms with Crippen LogP contribution >= 0.6 is 0 Å². The first kappa shape index (κ1) is 18.4. The van der Waals surface area contributed by atoms with Crippen molar-refractivity contribution in [2.24, 2.45) is 5.92 Å². The smallest absolute Gasteiger partial charge is 0.276 e. The van der Waals surface area contributed by atoms with Crippen LogP contribution in [0.25, 0.3) is 0 Å². The van der Waals surface area contributed by atoms with E-state index in [4.69, 9.17) is 0 Å². The quantitative estimate of drug-likeness (QED) is 0.817. The van der Waals surface area contributed by atoms with Gasteiger partial charge in [-0.05, 0) is 44.9 Å². The Balaban J connectivity index is 1.30. The van der Waals surface area contributed by atoms with Crippen molar-refractivity contribution in [1.29, 1.82) is 0 Å². The highest BCUT2D eigenvalue weighted by atomic mass is 16.2. The predicted molar refractivity (Wildman–Crippen MR) is 101 cm³/mol. The second-order valence-corrected chi connectivity index (χ2v) is 8.33. The molecule has 0 spiro atoms. The molecule has 27 heavy (non-hydrogen) atoms. The molecule has 0 N–H and O–H groups in total. The van der Waals surface area contributed by atoms with Crippen molar-refractivity contribution in [1.82, 2.24) is 24.8 Å². The van der Waals surface area contributed by atoms with Gasteiger partial charge in [0.1, 0.15) is 0 Å². The summed E-state index contributed by atoms with van der Waals surface area (Å²) in [5.74, 6) is 0.330. The second-order valence-electron chi connectivity index (χ2n) is 8.33. The molecule has 0 atom stereocenters. The van der Waals surface area contributed by atoms with Gasteiger partial charge < -0.3 is 9.80 Å². The Morgan fingerprint density at radius 3 is 2.19 bits per heavy atom. The Morgan fingerprint density at radius 1 is 0.815 bits per heavy atom. The van der Waals surface area contributed by atoms with Crippen LogP contribution in [0.2, 0.25) is 0 Å². The summed E-state index contributed by atoms with van der Waals surface area (Å²) in [4.78, 5) is 29.3. The van der Waals surface area contributed by atoms with Gasteiger partial charge in [0, 0.05) is 32.1 Å². The number of piperidine rings is 2. The van der Waals surface area contributed by atoms with Gasteiger partial charge in [-0.3, -0.25) is 9.59 Å². The van der Waals surface area contributed by atoms with Crippen molar-refractivity contribution >= 4 is 11.8 Å². The van der Waals surface area contributed by atoms with E-state index in [1.54, 1.807) is 0 Å². The summed E-state index contributed by atoms with van der Waals surface area (Å²) < 4.78 is 1.89. The normalized spacial score (nSPS) is 22.8. The molecule has 1 saturated carbocycles. The molecule has 3 aliphatic rings. The highest BCUT2D eigenvalue weighted by Crippen LogP contribution is 2.28. The lowest BCUT2D eigenvalue weighted by Gasteiger charge is -2.35. The fourth-order valence-electron chi connectivity index (χ4n) is 4.76. The van der Waals surface area contributed by atoms with Crippen molar-refractivity contribution in [3.05, 3.63) is 11.9 Å². The van der Waals surface area contributed by atoms with Crippen LogP contribution in [0, 0.1) is 5.92 Å². The molecule has 2 saturated heterocycles. The van der Waals surface area contributed by atoms with E-state index in [0.717, 1.165) is 51.6 Å². The first-order valence-corrected chi connectivity index (χ1v) is 10.7. The number of aromatic nitrogens is 3. The summed E-state index contributed by atoms with van der Waals surface area (Å²) in [6.07, 6.45) is 12.8. The van der Waals surface area contributed by atoms with Crippen LogP contribution in [0.15, 0.2) is 6.20 Å². The standard InChI is InChI=1S/C20H31N5O2/c26-19(23-11-5-2-6-12-23)16-9-13-24(14-10-16)20(27)18-15-25(22-21-18)17-7-3-1-4-8-17/h15-17H,1-14H2. The Morgan fingerprint density at radius 2 is 1.48 bits per heavy atom. The molecule has 3 fully saturated rings. The molecule has 7 nitrogen and oxygen atoms in total. The molecule has 0 bridgehead atoms. The molecule has 0 unspecified atom stereocenters. The van der Waals surface area contributed by atoms with Gasteiger partial charge in [-0.2, -0.15) is 0 Å². The minimum Gasteiger partial charge on any atom is -0.342 e. The zero-order chi connectivity index (χ0) is 18.6. The number of hydrogen-bond acceptors (Lipinski definition) is 4. The van der Waals surface area contributed by atoms with Gasteiger partial charge in [-0.25, -0.2) is 4.68 Å². The van der Waals surface area contributed by atoms with Crippen molar-refractivity contribution < 1.29 is 9.59 Å². The van der Waals surface area contributed by atoms with Gasteiger partial charge in [0.15, 0.2) is 5.69 Å². The van der Waals surface area contributed by atoms with E-state index in [1.165, 1.54) is 25.7 Å². The van der Waals surface area contributed by atoms with Gasteiger partial charge in [-0.1, -0.05) is 24.5 Å². The van der Waals surface area contributed by atoms with E-state index in [0.29, 0.717) is 30.7 Å². The lowest BCUT2D eigenvalue weighted by Crippen LogP contribution is -2.45. The molecule has 0 radical (unpaired) electrons. The summed E-state index contributed by atoms with van der Waals surface area (Å²) >= 11 is 0. The average Bonchev–Trinajstić information content (AvgIpc) is 3.24. The van der Waals surface area contributed by atoms with Crippen LogP contribution in [-0.2, 0) is 4.79 Å². The van der Waals surface area contributed by atoms with Gasteiger partial charge in [0.2, 0.25) is 5.91 Å². The molecule has 0 aromatic carbocycles. The minimum absolute atomic E-state index is 0.0408. The second kappa shape index (κ2) is 8.40. The van der Waals surface area contributed by atoms with Crippen LogP contribution in [0.5, 0.6) is 0 Å². The number of rotatable bonds is 3. The van der Waals surface area contributed by atoms with Crippen molar-refractivity contribution in [2.45, 2.75) is 70.3 Å². The number of amides is 2. The molecule has 2 aliphatic heterocycles. The van der Waals surface area contributed by atoms with Crippen LogP contribution in [-0.4, -0.2) is 62.8 Å². The summed E-state index contributed by atoms with van der Waals surface area (Å²) in [6, 6.07) is 0.390. The third-order valence-corrected chi connectivity index (χ3v) is 6.48. The topological polar surface area (TPSA) is 71.3 Å². The number of carbonyl (C=O) groups excluding carboxylic acids is 2. The minimum atomic E-state index is -0.0408. The average molecular weight is 374 g/mol. The molecule has 1 aromatic rings. The maximum absolute atomic E-state index is 12.8. The molecule has 2 amide bonds. The summed E-state index contributed by atoms with van der Waals surface area (Å²) in [6.45, 7) is 3.09. The van der Waals surface area contributed by atoms with E-state index < -0.39 is 0 Å². The van der Waals surface area contributed by atoms with Crippen molar-refractivity contribution in [3.63, 3.8) is 0 Å². The molecule has 4 rings (SSSR count). The highest BCUT2D eigenvalue weighted by molar-refractivity contribution is 5.92. The number of hydrogen-bond donors (Lipinski definition) is 0. The lowest BCUT2D eigenvalue weighted by molar-refractivity contribution is -0.137. The molecule has 3 heterocycles. The molecule has 1 aliphatic carbocycles. The molecule has 7 heteroatoms. The molecule has 148 valence electrons. The van der Waals surface area contributed by atoms with Crippen LogP contribution < -0.4 is 0 Å². The number of likely N-dealkylation sites (tertiary alicyclic amines) is 2. The fourth-order valence-corrected chi connectivity index (χ4v) is 4.76. The maximum Gasteiger partial charge on any atom is 0.276 e. The van der Waals surface area contributed by atoms with E-state index in [9.17, 15) is 9.59 Å². The van der Waals surface area contributed by atoms with Crippen LogP contribution in [0.3, 0.4) is 0 Å². The zero-order valence-electron chi connectivity index (χ0n) is 16.2. The van der Waals surface area contributed by atoms with E-state index in [2.05, 4.69) is 10.3 Å². The number of nitrogens with zero attached hydrogens (tertiary/aromatic N) is 5. The predicted octanol–water partition coefficient (Wildman–Crippen LogP) is 2.65. The molecular formula is C20H31N5O2. The Bertz CT molecular complexity index is 653. The summed E-state index contributed by atoms with van der Waals surface area (Å²) in [7, 11) is 0. The van der Waals surface area contributed by atoms with Crippen molar-refractivity contribution in [2.75, 3.05) is 26.2 Å². The fraction of sp³-hybridized carbons (Fsp3) is 0.800. The third kappa shape index (κ3) is 4.17. The maximum atomic E-state index is 12.8. The SMILES string of the molecule is O=C(c1cn(C2CCCCC2)nn1)N1CCC(C(=O)N2CCCCC2)CC1. The third-order valence-electron chi connectivity index (χ3n) is 6.48. The van der Waals surface area contributed by atoms with E-state index >= 15 is 0 Å². The lowest BCUT2D eigenvalue weighted by atomic mass is 9.94. The molecular weight excluding hydrogens is 342 g/mol. The van der Waals surface area contributed by atoms with Gasteiger partial charge in [-0.15, -0.1) is 5.10 Å². The Kier molecular flexibility index (Phi) is 5.74. The zero-order valence-corrected chi connectivity index (χ0v) is 16.2. The van der Waals surface area contributed by atoms with Crippen LogP contribution in [0.4, 0.5) is 0 Å². The van der Waals surface area contributed by atoms with E-state index in [1.807, 2.05) is 20.7 Å². The van der Waals surface area contributed by atoms with Gasteiger partial charge in [0.05, 0.1) is 12.2 Å². The molecule has 1 aromatic heterocycles. The number of carbonyl (C=O) groups is 2. The summed E-state index contributed by atoms with van der Waals surface area (Å²) in [5, 5.41) is 8.36. The highest BCUT2D eigenvalue weighted by Gasteiger charge is 2.32. The first-order chi connectivity index (χ1) is 13.2. The Labute approximate surface area is 161 Å². The monoisotopic (exact) mass is 373 g/mol. The van der Waals surface area contributed by atoms with Crippen LogP contribution in [0.1, 0.15) is 80.7 Å². The first-order valence-electron chi connectivity index (χ1n) is 10.7. The Hall–Kier alpha value is -1.92. The van der Waals surface area contributed by atoms with Crippen molar-refractivity contribution in [3.8, 4) is 0 Å². The largest absolute Gasteiger partial charge is 0.342 e. The van der Waals surface area contributed by atoms with Gasteiger partial charge in [0.25, 0.3) is 5.91 Å². The van der Waals surface area contributed by atoms with E-state index in [-0.39, 0.29) is 11.8 Å². The van der Waals surface area contributed by atoms with Gasteiger partial charge >= 0.3 is 0 Å². The summed E-state index contributed by atoms with van der Waals surface area (Å²) in [5.41, 5.74) is 0.446.